The minimum Gasteiger partial charge on any atom is -0.489 e. The number of anilines is 4. The highest BCUT2D eigenvalue weighted by molar-refractivity contribution is 6.32. The normalized spacial score (nSPS) is 14.2. The molecule has 0 aliphatic carbocycles. The molecule has 1 saturated heterocycles. The van der Waals surface area contributed by atoms with Gasteiger partial charge in [0, 0.05) is 44.2 Å². The number of hydrogen-bond acceptors (Lipinski definition) is 7. The third-order valence-corrected chi connectivity index (χ3v) is 5.42. The van der Waals surface area contributed by atoms with Gasteiger partial charge >= 0.3 is 0 Å². The molecule has 0 spiro atoms. The Kier molecular flexibility index (Phi) is 6.70. The van der Waals surface area contributed by atoms with Gasteiger partial charge in [-0.2, -0.15) is 4.98 Å². The van der Waals surface area contributed by atoms with E-state index in [1.165, 1.54) is 13.3 Å². The molecule has 0 atom stereocenters. The van der Waals surface area contributed by atoms with Gasteiger partial charge in [-0.25, -0.2) is 9.97 Å². The molecule has 1 aromatic heterocycles. The lowest BCUT2D eigenvalue weighted by molar-refractivity contribution is -0.114. The fourth-order valence-electron chi connectivity index (χ4n) is 3.56. The van der Waals surface area contributed by atoms with E-state index in [-0.39, 0.29) is 12.0 Å². The van der Waals surface area contributed by atoms with Crippen molar-refractivity contribution in [1.82, 2.24) is 15.0 Å². The number of ether oxygens (including phenoxy) is 1. The molecule has 1 aliphatic rings. The second-order valence-electron chi connectivity index (χ2n) is 7.73. The zero-order valence-electron chi connectivity index (χ0n) is 18.0. The molecule has 3 aromatic rings. The Bertz CT molecular complexity index is 1100. The first kappa shape index (κ1) is 21.8. The summed E-state index contributed by atoms with van der Waals surface area (Å²) in [6.45, 7) is 5.04. The number of aryl methyl sites for hydroxylation is 1. The van der Waals surface area contributed by atoms with Gasteiger partial charge < -0.3 is 20.3 Å². The number of amides is 1. The Morgan fingerprint density at radius 2 is 1.91 bits per heavy atom. The number of carbonyl (C=O) groups is 1. The summed E-state index contributed by atoms with van der Waals surface area (Å²) in [5.41, 5.74) is 2.60. The first-order valence-electron chi connectivity index (χ1n) is 10.5. The summed E-state index contributed by atoms with van der Waals surface area (Å²) in [7, 11) is 0. The lowest BCUT2D eigenvalue weighted by Gasteiger charge is -2.32. The molecule has 9 heteroatoms. The fraction of sp³-hybridized carbons (Fsp3) is 0.304. The van der Waals surface area contributed by atoms with E-state index in [9.17, 15) is 4.79 Å². The van der Waals surface area contributed by atoms with Crippen LogP contribution >= 0.6 is 11.6 Å². The smallest absolute Gasteiger partial charge is 0.231 e. The monoisotopic (exact) mass is 452 g/mol. The van der Waals surface area contributed by atoms with Crippen LogP contribution in [0.3, 0.4) is 0 Å². The molecule has 0 saturated carbocycles. The lowest BCUT2D eigenvalue weighted by atomic mass is 10.1. The topological polar surface area (TPSA) is 92.3 Å². The van der Waals surface area contributed by atoms with Gasteiger partial charge in [0.1, 0.15) is 18.2 Å². The van der Waals surface area contributed by atoms with E-state index >= 15 is 0 Å². The number of nitrogens with zero attached hydrogens (tertiary/aromatic N) is 4. The summed E-state index contributed by atoms with van der Waals surface area (Å²) in [6, 6.07) is 13.2. The van der Waals surface area contributed by atoms with Crippen LogP contribution in [0.1, 0.15) is 25.3 Å². The SMILES string of the molecule is CC(=O)Nc1cccc(Nc2ncnc(N3CCC(Oc4cc(C)ccc4Cl)CC3)n2)c1. The van der Waals surface area contributed by atoms with Crippen LogP contribution < -0.4 is 20.3 Å². The molecule has 32 heavy (non-hydrogen) atoms. The number of halogens is 1. The van der Waals surface area contributed by atoms with Gasteiger partial charge in [0.2, 0.25) is 17.8 Å². The number of rotatable bonds is 6. The maximum absolute atomic E-state index is 11.3. The predicted octanol–water partition coefficient (Wildman–Crippen LogP) is 4.58. The molecule has 2 aromatic carbocycles. The van der Waals surface area contributed by atoms with E-state index in [0.29, 0.717) is 22.6 Å². The highest BCUT2D eigenvalue weighted by atomic mass is 35.5. The largest absolute Gasteiger partial charge is 0.489 e. The molecule has 4 rings (SSSR count). The van der Waals surface area contributed by atoms with E-state index in [2.05, 4.69) is 30.5 Å². The Morgan fingerprint density at radius 1 is 1.12 bits per heavy atom. The minimum atomic E-state index is -0.123. The van der Waals surface area contributed by atoms with Crippen molar-refractivity contribution in [2.24, 2.45) is 0 Å². The molecule has 1 amide bonds. The second kappa shape index (κ2) is 9.82. The van der Waals surface area contributed by atoms with E-state index in [1.54, 1.807) is 0 Å². The molecule has 166 valence electrons. The number of piperidine rings is 1. The molecule has 1 fully saturated rings. The van der Waals surface area contributed by atoms with Crippen LogP contribution in [0, 0.1) is 6.92 Å². The van der Waals surface area contributed by atoms with Crippen LogP contribution in [0.5, 0.6) is 5.75 Å². The number of aromatic nitrogens is 3. The van der Waals surface area contributed by atoms with Crippen LogP contribution in [0.2, 0.25) is 5.02 Å². The van der Waals surface area contributed by atoms with Crippen LogP contribution in [-0.4, -0.2) is 40.1 Å². The van der Waals surface area contributed by atoms with Gasteiger partial charge in [-0.05, 0) is 42.8 Å². The third-order valence-electron chi connectivity index (χ3n) is 5.10. The van der Waals surface area contributed by atoms with E-state index in [1.807, 2.05) is 49.4 Å². The molecule has 0 bridgehead atoms. The Morgan fingerprint density at radius 3 is 2.69 bits per heavy atom. The quantitative estimate of drug-likeness (QED) is 0.565. The standard InChI is InChI=1S/C23H25ClN6O2/c1-15-6-7-20(24)21(12-15)32-19-8-10-30(11-9-19)23-26-14-25-22(29-23)28-18-5-3-4-17(13-18)27-16(2)31/h3-7,12-14,19H,8-11H2,1-2H3,(H,27,31)(H,25,26,28,29). The van der Waals surface area contributed by atoms with Gasteiger partial charge in [-0.3, -0.25) is 4.79 Å². The maximum Gasteiger partial charge on any atom is 0.231 e. The number of carbonyl (C=O) groups excluding carboxylic acids is 1. The fourth-order valence-corrected chi connectivity index (χ4v) is 3.72. The van der Waals surface area contributed by atoms with Gasteiger partial charge in [-0.15, -0.1) is 0 Å². The molecular weight excluding hydrogens is 428 g/mol. The van der Waals surface area contributed by atoms with E-state index in [4.69, 9.17) is 16.3 Å². The van der Waals surface area contributed by atoms with Crippen LogP contribution in [0.4, 0.5) is 23.3 Å². The number of hydrogen-bond donors (Lipinski definition) is 2. The van der Waals surface area contributed by atoms with Crippen molar-refractivity contribution in [3.8, 4) is 5.75 Å². The van der Waals surface area contributed by atoms with Crippen molar-refractivity contribution in [3.05, 3.63) is 59.4 Å². The average Bonchev–Trinajstić information content (AvgIpc) is 2.77. The molecular formula is C23H25ClN6O2. The Balaban J connectivity index is 1.37. The van der Waals surface area contributed by atoms with Crippen molar-refractivity contribution in [1.29, 1.82) is 0 Å². The van der Waals surface area contributed by atoms with Crippen molar-refractivity contribution in [2.75, 3.05) is 28.6 Å². The molecule has 2 N–H and O–H groups in total. The summed E-state index contributed by atoms with van der Waals surface area (Å²) in [5, 5.41) is 6.57. The zero-order valence-corrected chi connectivity index (χ0v) is 18.8. The van der Waals surface area contributed by atoms with E-state index in [0.717, 1.165) is 42.9 Å². The van der Waals surface area contributed by atoms with Gasteiger partial charge in [0.05, 0.1) is 5.02 Å². The predicted molar refractivity (Wildman–Crippen MR) is 126 cm³/mol. The first-order chi connectivity index (χ1) is 15.5. The second-order valence-corrected chi connectivity index (χ2v) is 8.14. The van der Waals surface area contributed by atoms with Crippen molar-refractivity contribution in [2.45, 2.75) is 32.8 Å². The maximum atomic E-state index is 11.3. The molecule has 0 unspecified atom stereocenters. The number of nitrogens with one attached hydrogen (secondary N) is 2. The number of benzene rings is 2. The van der Waals surface area contributed by atoms with Crippen LogP contribution in [0.25, 0.3) is 0 Å². The van der Waals surface area contributed by atoms with Crippen molar-refractivity contribution >= 4 is 40.8 Å². The first-order valence-corrected chi connectivity index (χ1v) is 10.9. The van der Waals surface area contributed by atoms with Gasteiger partial charge in [0.15, 0.2) is 0 Å². The summed E-state index contributed by atoms with van der Waals surface area (Å²) >= 11 is 6.27. The van der Waals surface area contributed by atoms with Crippen LogP contribution in [-0.2, 0) is 4.79 Å². The van der Waals surface area contributed by atoms with Crippen molar-refractivity contribution < 1.29 is 9.53 Å². The Hall–Kier alpha value is -3.39. The van der Waals surface area contributed by atoms with Gasteiger partial charge in [0.25, 0.3) is 0 Å². The minimum absolute atomic E-state index is 0.0986. The summed E-state index contributed by atoms with van der Waals surface area (Å²) < 4.78 is 6.14. The van der Waals surface area contributed by atoms with Crippen molar-refractivity contribution in [3.63, 3.8) is 0 Å². The Labute approximate surface area is 192 Å². The van der Waals surface area contributed by atoms with Crippen LogP contribution in [0.15, 0.2) is 48.8 Å². The molecule has 0 radical (unpaired) electrons. The molecule has 2 heterocycles. The molecule has 8 nitrogen and oxygen atoms in total. The highest BCUT2D eigenvalue weighted by Crippen LogP contribution is 2.29. The molecule has 1 aliphatic heterocycles. The lowest BCUT2D eigenvalue weighted by Crippen LogP contribution is -2.39. The zero-order chi connectivity index (χ0) is 22.5. The highest BCUT2D eigenvalue weighted by Gasteiger charge is 2.23. The third kappa shape index (κ3) is 5.64. The summed E-state index contributed by atoms with van der Waals surface area (Å²) in [5.74, 6) is 1.67. The van der Waals surface area contributed by atoms with Gasteiger partial charge in [-0.1, -0.05) is 23.7 Å². The average molecular weight is 453 g/mol. The summed E-state index contributed by atoms with van der Waals surface area (Å²) in [4.78, 5) is 26.5. The summed E-state index contributed by atoms with van der Waals surface area (Å²) in [6.07, 6.45) is 3.29. The van der Waals surface area contributed by atoms with E-state index < -0.39 is 0 Å².